The summed E-state index contributed by atoms with van der Waals surface area (Å²) in [4.78, 5) is 32.6. The molecule has 28 heavy (non-hydrogen) atoms. The molecule has 4 rings (SSSR count). The zero-order chi connectivity index (χ0) is 19.5. The van der Waals surface area contributed by atoms with E-state index in [9.17, 15) is 9.59 Å². The standard InChI is InChI=1S/C21H15ClN4O2/c22-14-11-9-13(10-12-14)19(27)23-16-6-2-1-5-15(16)20(28)26-21-24-17-7-3-4-8-18(17)25-21/h1-12H,(H,23,27)(H2,24,25,26,28). The van der Waals surface area contributed by atoms with Crippen molar-refractivity contribution in [1.29, 1.82) is 0 Å². The minimum absolute atomic E-state index is 0.324. The molecule has 0 radical (unpaired) electrons. The summed E-state index contributed by atoms with van der Waals surface area (Å²) in [6, 6.07) is 20.8. The molecule has 3 N–H and O–H groups in total. The van der Waals surface area contributed by atoms with Crippen LogP contribution in [0.15, 0.2) is 72.8 Å². The van der Waals surface area contributed by atoms with Crippen LogP contribution in [0, 0.1) is 0 Å². The lowest BCUT2D eigenvalue weighted by Crippen LogP contribution is -2.18. The smallest absolute Gasteiger partial charge is 0.260 e. The van der Waals surface area contributed by atoms with Crippen molar-refractivity contribution >= 4 is 46.1 Å². The predicted molar refractivity (Wildman–Crippen MR) is 110 cm³/mol. The number of rotatable bonds is 4. The van der Waals surface area contributed by atoms with Crippen molar-refractivity contribution in [2.24, 2.45) is 0 Å². The van der Waals surface area contributed by atoms with Crippen LogP contribution in [0.4, 0.5) is 11.6 Å². The van der Waals surface area contributed by atoms with E-state index in [1.165, 1.54) is 0 Å². The van der Waals surface area contributed by atoms with Gasteiger partial charge in [0.05, 0.1) is 22.3 Å². The Morgan fingerprint density at radius 3 is 2.32 bits per heavy atom. The van der Waals surface area contributed by atoms with Crippen LogP contribution in [0.5, 0.6) is 0 Å². The number of halogens is 1. The number of aromatic nitrogens is 2. The molecule has 6 nitrogen and oxygen atoms in total. The SMILES string of the molecule is O=C(Nc1ccccc1C(=O)Nc1nc2ccccc2[nH]1)c1ccc(Cl)cc1. The molecule has 2 amide bonds. The van der Waals surface area contributed by atoms with E-state index >= 15 is 0 Å². The molecule has 0 aliphatic carbocycles. The van der Waals surface area contributed by atoms with Crippen molar-refractivity contribution in [3.63, 3.8) is 0 Å². The fourth-order valence-corrected chi connectivity index (χ4v) is 2.90. The second-order valence-corrected chi connectivity index (χ2v) is 6.50. The van der Waals surface area contributed by atoms with Crippen molar-refractivity contribution in [3.05, 3.63) is 88.9 Å². The highest BCUT2D eigenvalue weighted by Gasteiger charge is 2.15. The van der Waals surface area contributed by atoms with E-state index in [-0.39, 0.29) is 11.8 Å². The second-order valence-electron chi connectivity index (χ2n) is 6.06. The minimum Gasteiger partial charge on any atom is -0.324 e. The maximum absolute atomic E-state index is 12.7. The van der Waals surface area contributed by atoms with Crippen LogP contribution in [-0.2, 0) is 0 Å². The molecule has 7 heteroatoms. The number of para-hydroxylation sites is 3. The highest BCUT2D eigenvalue weighted by Crippen LogP contribution is 2.20. The molecule has 0 saturated carbocycles. The van der Waals surface area contributed by atoms with Gasteiger partial charge in [-0.05, 0) is 48.5 Å². The van der Waals surface area contributed by atoms with Crippen LogP contribution in [0.1, 0.15) is 20.7 Å². The number of carbonyl (C=O) groups excluding carboxylic acids is 2. The van der Waals surface area contributed by atoms with Crippen LogP contribution in [0.25, 0.3) is 11.0 Å². The van der Waals surface area contributed by atoms with E-state index in [1.54, 1.807) is 48.5 Å². The lowest BCUT2D eigenvalue weighted by Gasteiger charge is -2.10. The van der Waals surface area contributed by atoms with Gasteiger partial charge >= 0.3 is 0 Å². The Labute approximate surface area is 165 Å². The van der Waals surface area contributed by atoms with Crippen molar-refractivity contribution in [2.45, 2.75) is 0 Å². The number of aromatic amines is 1. The summed E-state index contributed by atoms with van der Waals surface area (Å²) in [6.45, 7) is 0. The number of anilines is 2. The lowest BCUT2D eigenvalue weighted by molar-refractivity contribution is 0.102. The number of carbonyl (C=O) groups is 2. The Morgan fingerprint density at radius 2 is 1.54 bits per heavy atom. The molecular formula is C21H15ClN4O2. The summed E-state index contributed by atoms with van der Waals surface area (Å²) >= 11 is 5.86. The molecule has 0 bridgehead atoms. The van der Waals surface area contributed by atoms with Crippen LogP contribution >= 0.6 is 11.6 Å². The van der Waals surface area contributed by atoms with Gasteiger partial charge in [0.1, 0.15) is 0 Å². The van der Waals surface area contributed by atoms with E-state index in [2.05, 4.69) is 20.6 Å². The Balaban J connectivity index is 1.55. The maximum atomic E-state index is 12.7. The number of nitrogens with one attached hydrogen (secondary N) is 3. The average molecular weight is 391 g/mol. The van der Waals surface area contributed by atoms with Gasteiger partial charge in [-0.1, -0.05) is 35.9 Å². The second kappa shape index (κ2) is 7.54. The van der Waals surface area contributed by atoms with Gasteiger partial charge in [-0.25, -0.2) is 4.98 Å². The van der Waals surface area contributed by atoms with Gasteiger partial charge in [-0.15, -0.1) is 0 Å². The van der Waals surface area contributed by atoms with E-state index < -0.39 is 0 Å². The molecule has 0 saturated heterocycles. The quantitative estimate of drug-likeness (QED) is 0.471. The minimum atomic E-state index is -0.383. The molecule has 1 aromatic heterocycles. The van der Waals surface area contributed by atoms with E-state index in [0.29, 0.717) is 27.8 Å². The molecule has 0 atom stereocenters. The topological polar surface area (TPSA) is 86.9 Å². The number of amides is 2. The third-order valence-electron chi connectivity index (χ3n) is 4.15. The Hall–Kier alpha value is -3.64. The molecule has 3 aromatic carbocycles. The van der Waals surface area contributed by atoms with Crippen molar-refractivity contribution in [2.75, 3.05) is 10.6 Å². The number of hydrogen-bond donors (Lipinski definition) is 3. The number of nitrogens with zero attached hydrogens (tertiary/aromatic N) is 1. The van der Waals surface area contributed by atoms with E-state index in [4.69, 9.17) is 11.6 Å². The normalized spacial score (nSPS) is 10.6. The molecule has 1 heterocycles. The van der Waals surface area contributed by atoms with E-state index in [1.807, 2.05) is 24.3 Å². The molecule has 138 valence electrons. The highest BCUT2D eigenvalue weighted by atomic mass is 35.5. The highest BCUT2D eigenvalue weighted by molar-refractivity contribution is 6.30. The number of fused-ring (bicyclic) bond motifs is 1. The first-order valence-corrected chi connectivity index (χ1v) is 8.90. The molecular weight excluding hydrogens is 376 g/mol. The fourth-order valence-electron chi connectivity index (χ4n) is 2.77. The lowest BCUT2D eigenvalue weighted by atomic mass is 10.1. The Morgan fingerprint density at radius 1 is 0.821 bits per heavy atom. The number of H-pyrrole nitrogens is 1. The first-order valence-electron chi connectivity index (χ1n) is 8.52. The Kier molecular flexibility index (Phi) is 4.78. The molecule has 4 aromatic rings. The zero-order valence-electron chi connectivity index (χ0n) is 14.6. The van der Waals surface area contributed by atoms with Crippen molar-refractivity contribution in [3.8, 4) is 0 Å². The van der Waals surface area contributed by atoms with Gasteiger partial charge in [-0.2, -0.15) is 0 Å². The third-order valence-corrected chi connectivity index (χ3v) is 4.40. The van der Waals surface area contributed by atoms with Crippen LogP contribution in [0.3, 0.4) is 0 Å². The van der Waals surface area contributed by atoms with Crippen LogP contribution in [0.2, 0.25) is 5.02 Å². The fraction of sp³-hybridized carbons (Fsp3) is 0. The van der Waals surface area contributed by atoms with Crippen molar-refractivity contribution in [1.82, 2.24) is 9.97 Å². The number of benzene rings is 3. The first kappa shape index (κ1) is 17.8. The summed E-state index contributed by atoms with van der Waals surface area (Å²) in [7, 11) is 0. The predicted octanol–water partition coefficient (Wildman–Crippen LogP) is 4.72. The zero-order valence-corrected chi connectivity index (χ0v) is 15.3. The summed E-state index contributed by atoms with van der Waals surface area (Å²) in [6.07, 6.45) is 0. The summed E-state index contributed by atoms with van der Waals surface area (Å²) in [5, 5.41) is 6.04. The van der Waals surface area contributed by atoms with Gasteiger partial charge in [0.15, 0.2) is 0 Å². The number of hydrogen-bond acceptors (Lipinski definition) is 3. The van der Waals surface area contributed by atoms with E-state index in [0.717, 1.165) is 11.0 Å². The number of imidazole rings is 1. The molecule has 0 fully saturated rings. The van der Waals surface area contributed by atoms with Gasteiger partial charge in [0.2, 0.25) is 5.95 Å². The maximum Gasteiger partial charge on any atom is 0.260 e. The first-order chi connectivity index (χ1) is 13.6. The molecule has 0 unspecified atom stereocenters. The monoisotopic (exact) mass is 390 g/mol. The third kappa shape index (κ3) is 3.72. The van der Waals surface area contributed by atoms with Gasteiger partial charge in [0.25, 0.3) is 11.8 Å². The molecule has 0 spiro atoms. The van der Waals surface area contributed by atoms with Crippen molar-refractivity contribution < 1.29 is 9.59 Å². The summed E-state index contributed by atoms with van der Waals surface area (Å²) in [5.74, 6) is -0.378. The largest absolute Gasteiger partial charge is 0.324 e. The van der Waals surface area contributed by atoms with Crippen LogP contribution in [-0.4, -0.2) is 21.8 Å². The summed E-state index contributed by atoms with van der Waals surface area (Å²) < 4.78 is 0. The van der Waals surface area contributed by atoms with Gasteiger partial charge in [-0.3, -0.25) is 14.9 Å². The molecule has 0 aliphatic heterocycles. The average Bonchev–Trinajstić information content (AvgIpc) is 3.11. The molecule has 0 aliphatic rings. The summed E-state index contributed by atoms with van der Waals surface area (Å²) in [5.41, 5.74) is 2.74. The van der Waals surface area contributed by atoms with Gasteiger partial charge < -0.3 is 10.3 Å². The Bertz CT molecular complexity index is 1140. The van der Waals surface area contributed by atoms with Gasteiger partial charge in [0, 0.05) is 10.6 Å². The van der Waals surface area contributed by atoms with Crippen LogP contribution < -0.4 is 10.6 Å².